The van der Waals surface area contributed by atoms with Crippen molar-refractivity contribution in [1.82, 2.24) is 10.3 Å². The first-order chi connectivity index (χ1) is 10.4. The average Bonchev–Trinajstić information content (AvgIpc) is 2.55. The summed E-state index contributed by atoms with van der Waals surface area (Å²) >= 11 is 0. The molecule has 1 unspecified atom stereocenters. The number of hydrogen-bond acceptors (Lipinski definition) is 2. The summed E-state index contributed by atoms with van der Waals surface area (Å²) in [4.78, 5) is 4.39. The average molecular weight is 276 g/mol. The molecule has 0 saturated heterocycles. The number of rotatable bonds is 5. The van der Waals surface area contributed by atoms with Gasteiger partial charge in [-0.05, 0) is 42.3 Å². The van der Waals surface area contributed by atoms with Gasteiger partial charge in [-0.3, -0.25) is 4.98 Å². The Morgan fingerprint density at radius 2 is 1.86 bits per heavy atom. The van der Waals surface area contributed by atoms with E-state index in [-0.39, 0.29) is 0 Å². The summed E-state index contributed by atoms with van der Waals surface area (Å²) < 4.78 is 0. The minimum absolute atomic E-state index is 0.335. The van der Waals surface area contributed by atoms with Crippen LogP contribution in [0.1, 0.15) is 24.1 Å². The fourth-order valence-corrected chi connectivity index (χ4v) is 2.71. The second-order valence-corrected chi connectivity index (χ2v) is 5.26. The lowest BCUT2D eigenvalue weighted by atomic mass is 9.97. The van der Waals surface area contributed by atoms with Crippen LogP contribution in [0.2, 0.25) is 0 Å². The highest BCUT2D eigenvalue weighted by Crippen LogP contribution is 2.22. The maximum atomic E-state index is 4.39. The van der Waals surface area contributed by atoms with Gasteiger partial charge >= 0.3 is 0 Å². The molecule has 0 aliphatic rings. The molecule has 1 N–H and O–H groups in total. The minimum atomic E-state index is 0.335. The van der Waals surface area contributed by atoms with E-state index in [1.807, 2.05) is 12.3 Å². The van der Waals surface area contributed by atoms with Crippen LogP contribution in [0.3, 0.4) is 0 Å². The van der Waals surface area contributed by atoms with Crippen LogP contribution < -0.4 is 5.32 Å². The van der Waals surface area contributed by atoms with Crippen molar-refractivity contribution in [2.45, 2.75) is 19.4 Å². The fraction of sp³-hybridized carbons (Fsp3) is 0.211. The lowest BCUT2D eigenvalue weighted by Gasteiger charge is -2.19. The molecule has 1 atom stereocenters. The molecule has 3 rings (SSSR count). The molecule has 1 aromatic heterocycles. The second kappa shape index (κ2) is 6.51. The third kappa shape index (κ3) is 3.29. The Morgan fingerprint density at radius 1 is 1.00 bits per heavy atom. The Kier molecular flexibility index (Phi) is 4.27. The summed E-state index contributed by atoms with van der Waals surface area (Å²) in [5, 5.41) is 4.79. The molecule has 21 heavy (non-hydrogen) atoms. The second-order valence-electron chi connectivity index (χ2n) is 5.26. The molecular weight excluding hydrogens is 256 g/mol. The summed E-state index contributed by atoms with van der Waals surface area (Å²) in [5.74, 6) is 0. The third-order valence-corrected chi connectivity index (χ3v) is 3.76. The highest BCUT2D eigenvalue weighted by atomic mass is 14.9. The fourth-order valence-electron chi connectivity index (χ4n) is 2.71. The highest BCUT2D eigenvalue weighted by molar-refractivity contribution is 5.79. The van der Waals surface area contributed by atoms with Gasteiger partial charge in [0.2, 0.25) is 0 Å². The lowest BCUT2D eigenvalue weighted by Crippen LogP contribution is -2.22. The van der Waals surface area contributed by atoms with Crippen LogP contribution in [-0.4, -0.2) is 11.5 Å². The summed E-state index contributed by atoms with van der Waals surface area (Å²) in [6.07, 6.45) is 2.84. The van der Waals surface area contributed by atoms with Crippen LogP contribution in [0.5, 0.6) is 0 Å². The van der Waals surface area contributed by atoms with Crippen molar-refractivity contribution in [3.63, 3.8) is 0 Å². The topological polar surface area (TPSA) is 24.9 Å². The number of nitrogens with one attached hydrogen (secondary N) is 1. The normalized spacial score (nSPS) is 12.4. The summed E-state index contributed by atoms with van der Waals surface area (Å²) in [5.41, 5.74) is 3.73. The number of benzene rings is 2. The molecule has 2 nitrogen and oxygen atoms in total. The van der Waals surface area contributed by atoms with Gasteiger partial charge in [0.25, 0.3) is 0 Å². The van der Waals surface area contributed by atoms with Crippen molar-refractivity contribution in [2.24, 2.45) is 0 Å². The molecule has 0 aliphatic carbocycles. The van der Waals surface area contributed by atoms with Gasteiger partial charge in [0.1, 0.15) is 0 Å². The van der Waals surface area contributed by atoms with Gasteiger partial charge < -0.3 is 5.32 Å². The Hall–Kier alpha value is -2.19. The Labute approximate surface area is 125 Å². The molecule has 1 heterocycles. The first-order valence-corrected chi connectivity index (χ1v) is 7.49. The highest BCUT2D eigenvalue weighted by Gasteiger charge is 2.11. The van der Waals surface area contributed by atoms with Gasteiger partial charge in [0, 0.05) is 17.6 Å². The SMILES string of the molecule is CCNC(Cc1ccccc1)c1ccc2ncccc2c1. The van der Waals surface area contributed by atoms with Crippen LogP contribution in [0.4, 0.5) is 0 Å². The number of pyridine rings is 1. The van der Waals surface area contributed by atoms with Crippen LogP contribution in [0.25, 0.3) is 10.9 Å². The number of likely N-dealkylation sites (N-methyl/N-ethyl adjacent to an activating group) is 1. The van der Waals surface area contributed by atoms with Gasteiger partial charge in [-0.15, -0.1) is 0 Å². The summed E-state index contributed by atoms with van der Waals surface area (Å²) in [6, 6.07) is 21.6. The van der Waals surface area contributed by atoms with E-state index in [9.17, 15) is 0 Å². The van der Waals surface area contributed by atoms with E-state index in [2.05, 4.69) is 71.8 Å². The molecule has 0 radical (unpaired) electrons. The maximum Gasteiger partial charge on any atom is 0.0702 e. The molecule has 0 fully saturated rings. The molecule has 2 aromatic carbocycles. The summed E-state index contributed by atoms with van der Waals surface area (Å²) in [7, 11) is 0. The standard InChI is InChI=1S/C19H20N2/c1-2-20-19(13-15-7-4-3-5-8-15)17-10-11-18-16(14-17)9-6-12-21-18/h3-12,14,19-20H,2,13H2,1H3. The van der Waals surface area contributed by atoms with Crippen LogP contribution in [-0.2, 0) is 6.42 Å². The van der Waals surface area contributed by atoms with Crippen molar-refractivity contribution in [3.05, 3.63) is 78.0 Å². The zero-order chi connectivity index (χ0) is 14.5. The molecular formula is C19H20N2. The third-order valence-electron chi connectivity index (χ3n) is 3.76. The minimum Gasteiger partial charge on any atom is -0.310 e. The van der Waals surface area contributed by atoms with Crippen molar-refractivity contribution < 1.29 is 0 Å². The molecule has 106 valence electrons. The molecule has 0 aliphatic heterocycles. The molecule has 0 amide bonds. The smallest absolute Gasteiger partial charge is 0.0702 e. The monoisotopic (exact) mass is 276 g/mol. The van der Waals surface area contributed by atoms with Gasteiger partial charge in [0.05, 0.1) is 5.52 Å². The number of nitrogens with zero attached hydrogens (tertiary/aromatic N) is 1. The van der Waals surface area contributed by atoms with E-state index in [1.54, 1.807) is 0 Å². The van der Waals surface area contributed by atoms with Crippen molar-refractivity contribution >= 4 is 10.9 Å². The first kappa shape index (κ1) is 13.8. The van der Waals surface area contributed by atoms with Gasteiger partial charge in [-0.1, -0.05) is 49.4 Å². The van der Waals surface area contributed by atoms with Crippen LogP contribution in [0, 0.1) is 0 Å². The van der Waals surface area contributed by atoms with E-state index < -0.39 is 0 Å². The van der Waals surface area contributed by atoms with Gasteiger partial charge in [0.15, 0.2) is 0 Å². The van der Waals surface area contributed by atoms with Crippen LogP contribution in [0.15, 0.2) is 66.9 Å². The van der Waals surface area contributed by atoms with E-state index >= 15 is 0 Å². The Morgan fingerprint density at radius 3 is 2.67 bits per heavy atom. The zero-order valence-corrected chi connectivity index (χ0v) is 12.3. The Balaban J connectivity index is 1.91. The van der Waals surface area contributed by atoms with Gasteiger partial charge in [-0.2, -0.15) is 0 Å². The number of aromatic nitrogens is 1. The predicted octanol–water partition coefficient (Wildman–Crippen LogP) is 4.13. The molecule has 0 bridgehead atoms. The quantitative estimate of drug-likeness (QED) is 0.758. The Bertz CT molecular complexity index is 707. The maximum absolute atomic E-state index is 4.39. The molecule has 0 saturated carbocycles. The lowest BCUT2D eigenvalue weighted by molar-refractivity contribution is 0.550. The molecule has 2 heteroatoms. The van der Waals surface area contributed by atoms with E-state index in [4.69, 9.17) is 0 Å². The largest absolute Gasteiger partial charge is 0.310 e. The molecule has 3 aromatic rings. The number of hydrogen-bond donors (Lipinski definition) is 1. The van der Waals surface area contributed by atoms with Crippen LogP contribution >= 0.6 is 0 Å². The summed E-state index contributed by atoms with van der Waals surface area (Å²) in [6.45, 7) is 3.11. The van der Waals surface area contributed by atoms with Crippen molar-refractivity contribution in [2.75, 3.05) is 6.54 Å². The molecule has 0 spiro atoms. The van der Waals surface area contributed by atoms with E-state index in [0.29, 0.717) is 6.04 Å². The van der Waals surface area contributed by atoms with E-state index in [0.717, 1.165) is 18.5 Å². The van der Waals surface area contributed by atoms with E-state index in [1.165, 1.54) is 16.5 Å². The van der Waals surface area contributed by atoms with Crippen molar-refractivity contribution in [1.29, 1.82) is 0 Å². The number of fused-ring (bicyclic) bond motifs is 1. The predicted molar refractivity (Wildman–Crippen MR) is 88.3 cm³/mol. The van der Waals surface area contributed by atoms with Gasteiger partial charge in [-0.25, -0.2) is 0 Å². The zero-order valence-electron chi connectivity index (χ0n) is 12.3. The van der Waals surface area contributed by atoms with Crippen molar-refractivity contribution in [3.8, 4) is 0 Å². The first-order valence-electron chi connectivity index (χ1n) is 7.49.